The standard InChI is InChI=1S/C14H17NO4S/c1-9-6-15(7-11(9)14(16)17)12-8-20(18,19)13-5-3-2-4-10(12)13/h2-5,9,11-12H,6-8H2,1H3,(H,16,17)/t9-,11-,12?/m1/s1. The fourth-order valence-corrected chi connectivity index (χ4v) is 5.14. The number of benzene rings is 1. The van der Waals surface area contributed by atoms with Crippen molar-refractivity contribution in [1.29, 1.82) is 0 Å². The van der Waals surface area contributed by atoms with E-state index in [4.69, 9.17) is 0 Å². The van der Waals surface area contributed by atoms with Gasteiger partial charge in [0.05, 0.1) is 22.6 Å². The van der Waals surface area contributed by atoms with Crippen molar-refractivity contribution in [3.05, 3.63) is 29.8 Å². The Bertz CT molecular complexity index is 655. The summed E-state index contributed by atoms with van der Waals surface area (Å²) in [6.07, 6.45) is 0. The van der Waals surface area contributed by atoms with Gasteiger partial charge < -0.3 is 5.11 Å². The topological polar surface area (TPSA) is 74.7 Å². The zero-order chi connectivity index (χ0) is 14.5. The van der Waals surface area contributed by atoms with Gasteiger partial charge in [-0.05, 0) is 17.5 Å². The van der Waals surface area contributed by atoms with Crippen LogP contribution in [0.5, 0.6) is 0 Å². The van der Waals surface area contributed by atoms with Crippen LogP contribution >= 0.6 is 0 Å². The van der Waals surface area contributed by atoms with Crippen LogP contribution in [0.4, 0.5) is 0 Å². The third-order valence-electron chi connectivity index (χ3n) is 4.39. The molecule has 5 nitrogen and oxygen atoms in total. The second-order valence-corrected chi connectivity index (χ2v) is 7.71. The van der Waals surface area contributed by atoms with Gasteiger partial charge in [0, 0.05) is 13.1 Å². The van der Waals surface area contributed by atoms with Gasteiger partial charge in [0.15, 0.2) is 9.84 Å². The zero-order valence-corrected chi connectivity index (χ0v) is 12.0. The molecule has 1 N–H and O–H groups in total. The third-order valence-corrected chi connectivity index (χ3v) is 6.19. The highest BCUT2D eigenvalue weighted by Crippen LogP contribution is 2.40. The van der Waals surface area contributed by atoms with Gasteiger partial charge in [-0.15, -0.1) is 0 Å². The van der Waals surface area contributed by atoms with Crippen molar-refractivity contribution in [2.45, 2.75) is 17.9 Å². The highest BCUT2D eigenvalue weighted by atomic mass is 32.2. The first kappa shape index (κ1) is 13.6. The molecular weight excluding hydrogens is 278 g/mol. The lowest BCUT2D eigenvalue weighted by atomic mass is 9.99. The van der Waals surface area contributed by atoms with Crippen LogP contribution in [0.3, 0.4) is 0 Å². The highest BCUT2D eigenvalue weighted by molar-refractivity contribution is 7.91. The summed E-state index contributed by atoms with van der Waals surface area (Å²) >= 11 is 0. The zero-order valence-electron chi connectivity index (χ0n) is 11.2. The van der Waals surface area contributed by atoms with Crippen LogP contribution in [-0.2, 0) is 14.6 Å². The Balaban J connectivity index is 1.93. The Kier molecular flexibility index (Phi) is 3.10. The van der Waals surface area contributed by atoms with Gasteiger partial charge >= 0.3 is 5.97 Å². The number of carbonyl (C=O) groups is 1. The maximum Gasteiger partial charge on any atom is 0.308 e. The van der Waals surface area contributed by atoms with Crippen LogP contribution in [0.2, 0.25) is 0 Å². The maximum absolute atomic E-state index is 12.2. The Labute approximate surface area is 118 Å². The largest absolute Gasteiger partial charge is 0.481 e. The molecule has 1 aromatic rings. The summed E-state index contributed by atoms with van der Waals surface area (Å²) in [6, 6.07) is 6.83. The molecule has 2 aliphatic heterocycles. The molecular formula is C14H17NO4S. The molecule has 0 radical (unpaired) electrons. The van der Waals surface area contributed by atoms with E-state index in [0.717, 1.165) is 5.56 Å². The first-order valence-corrected chi connectivity index (χ1v) is 8.34. The first-order chi connectivity index (χ1) is 9.40. The summed E-state index contributed by atoms with van der Waals surface area (Å²) in [5.41, 5.74) is 0.811. The average molecular weight is 295 g/mol. The van der Waals surface area contributed by atoms with Crippen LogP contribution in [0.15, 0.2) is 29.2 Å². The number of rotatable bonds is 2. The maximum atomic E-state index is 12.2. The summed E-state index contributed by atoms with van der Waals surface area (Å²) in [4.78, 5) is 13.6. The van der Waals surface area contributed by atoms with Crippen molar-refractivity contribution >= 4 is 15.8 Å². The Morgan fingerprint density at radius 2 is 2.00 bits per heavy atom. The van der Waals surface area contributed by atoms with Crippen LogP contribution in [0, 0.1) is 11.8 Å². The van der Waals surface area contributed by atoms with Crippen LogP contribution in [-0.4, -0.2) is 43.2 Å². The van der Waals surface area contributed by atoms with E-state index >= 15 is 0 Å². The Morgan fingerprint density at radius 1 is 1.30 bits per heavy atom. The number of sulfone groups is 1. The van der Waals surface area contributed by atoms with Crippen molar-refractivity contribution < 1.29 is 18.3 Å². The molecule has 3 rings (SSSR count). The van der Waals surface area contributed by atoms with E-state index in [1.807, 2.05) is 24.0 Å². The van der Waals surface area contributed by atoms with E-state index in [0.29, 0.717) is 18.0 Å². The first-order valence-electron chi connectivity index (χ1n) is 6.68. The summed E-state index contributed by atoms with van der Waals surface area (Å²) in [6.45, 7) is 2.96. The number of carboxylic acid groups (broad SMARTS) is 1. The normalized spacial score (nSPS) is 32.1. The molecule has 3 atom stereocenters. The van der Waals surface area contributed by atoms with Gasteiger partial charge in [0.2, 0.25) is 0 Å². The van der Waals surface area contributed by atoms with Crippen molar-refractivity contribution in [2.24, 2.45) is 11.8 Å². The fraction of sp³-hybridized carbons (Fsp3) is 0.500. The molecule has 2 heterocycles. The number of hydrogen-bond acceptors (Lipinski definition) is 4. The molecule has 1 saturated heterocycles. The van der Waals surface area contributed by atoms with Gasteiger partial charge in [0.1, 0.15) is 0 Å². The van der Waals surface area contributed by atoms with Crippen LogP contribution < -0.4 is 0 Å². The van der Waals surface area contributed by atoms with Gasteiger partial charge in [-0.3, -0.25) is 9.69 Å². The average Bonchev–Trinajstić information content (AvgIpc) is 2.89. The quantitative estimate of drug-likeness (QED) is 0.886. The monoisotopic (exact) mass is 295 g/mol. The molecule has 0 bridgehead atoms. The Hall–Kier alpha value is -1.40. The number of likely N-dealkylation sites (tertiary alicyclic amines) is 1. The Morgan fingerprint density at radius 3 is 2.65 bits per heavy atom. The number of hydrogen-bond donors (Lipinski definition) is 1. The van der Waals surface area contributed by atoms with Crippen molar-refractivity contribution in [1.82, 2.24) is 4.90 Å². The summed E-state index contributed by atoms with van der Waals surface area (Å²) in [5, 5.41) is 9.20. The highest BCUT2D eigenvalue weighted by Gasteiger charge is 2.43. The summed E-state index contributed by atoms with van der Waals surface area (Å²) in [7, 11) is -3.24. The van der Waals surface area contributed by atoms with Gasteiger partial charge in [-0.2, -0.15) is 0 Å². The second-order valence-electron chi connectivity index (χ2n) is 5.71. The molecule has 1 fully saturated rings. The molecule has 108 valence electrons. The van der Waals surface area contributed by atoms with Crippen LogP contribution in [0.1, 0.15) is 18.5 Å². The van der Waals surface area contributed by atoms with Crippen LogP contribution in [0.25, 0.3) is 0 Å². The number of carboxylic acids is 1. The molecule has 6 heteroatoms. The molecule has 0 spiro atoms. The minimum absolute atomic E-state index is 0.0444. The number of nitrogens with zero attached hydrogens (tertiary/aromatic N) is 1. The molecule has 0 amide bonds. The third kappa shape index (κ3) is 2.03. The van der Waals surface area contributed by atoms with Gasteiger partial charge in [0.25, 0.3) is 0 Å². The van der Waals surface area contributed by atoms with E-state index in [1.54, 1.807) is 12.1 Å². The van der Waals surface area contributed by atoms with E-state index < -0.39 is 21.7 Å². The van der Waals surface area contributed by atoms with Gasteiger partial charge in [-0.1, -0.05) is 25.1 Å². The molecule has 1 aromatic carbocycles. The smallest absolute Gasteiger partial charge is 0.308 e. The van der Waals surface area contributed by atoms with Crippen molar-refractivity contribution in [3.63, 3.8) is 0 Å². The second kappa shape index (κ2) is 4.56. The lowest BCUT2D eigenvalue weighted by molar-refractivity contribution is -0.142. The summed E-state index contributed by atoms with van der Waals surface area (Å²) in [5.74, 6) is -1.10. The number of aliphatic carboxylic acids is 1. The minimum atomic E-state index is -3.24. The lowest BCUT2D eigenvalue weighted by Gasteiger charge is -2.23. The lowest BCUT2D eigenvalue weighted by Crippen LogP contribution is -2.29. The minimum Gasteiger partial charge on any atom is -0.481 e. The fourth-order valence-electron chi connectivity index (χ4n) is 3.31. The van der Waals surface area contributed by atoms with Crippen molar-refractivity contribution in [3.8, 4) is 0 Å². The summed E-state index contributed by atoms with van der Waals surface area (Å²) < 4.78 is 24.3. The predicted molar refractivity (Wildman–Crippen MR) is 73.1 cm³/mol. The molecule has 20 heavy (non-hydrogen) atoms. The molecule has 1 unspecified atom stereocenters. The van der Waals surface area contributed by atoms with E-state index in [2.05, 4.69) is 0 Å². The predicted octanol–water partition coefficient (Wildman–Crippen LogP) is 1.17. The van der Waals surface area contributed by atoms with Crippen molar-refractivity contribution in [2.75, 3.05) is 18.8 Å². The van der Waals surface area contributed by atoms with E-state index in [1.165, 1.54) is 0 Å². The molecule has 0 saturated carbocycles. The SMILES string of the molecule is C[C@@H]1CN(C2CS(=O)(=O)c3ccccc32)C[C@H]1C(=O)O. The molecule has 0 aliphatic carbocycles. The van der Waals surface area contributed by atoms with E-state index in [9.17, 15) is 18.3 Å². The molecule has 2 aliphatic rings. The van der Waals surface area contributed by atoms with E-state index in [-0.39, 0.29) is 17.7 Å². The number of fused-ring (bicyclic) bond motifs is 1. The molecule has 0 aromatic heterocycles. The van der Waals surface area contributed by atoms with Gasteiger partial charge in [-0.25, -0.2) is 8.42 Å².